The normalized spacial score (nSPS) is 19.6. The van der Waals surface area contributed by atoms with E-state index in [0.717, 1.165) is 0 Å². The molecule has 1 aromatic carbocycles. The minimum atomic E-state index is -1.78. The van der Waals surface area contributed by atoms with Crippen molar-refractivity contribution in [3.05, 3.63) is 35.6 Å². The molecule has 1 atom stereocenters. The van der Waals surface area contributed by atoms with Crippen molar-refractivity contribution in [2.75, 3.05) is 13.1 Å². The van der Waals surface area contributed by atoms with E-state index in [0.29, 0.717) is 0 Å². The molecule has 17 heavy (non-hydrogen) atoms. The highest BCUT2D eigenvalue weighted by Crippen LogP contribution is 2.37. The quantitative estimate of drug-likeness (QED) is 0.747. The van der Waals surface area contributed by atoms with Crippen LogP contribution in [0.4, 0.5) is 8.78 Å². The van der Waals surface area contributed by atoms with Gasteiger partial charge in [0.05, 0.1) is 13.1 Å². The maximum absolute atomic E-state index is 14.3. The highest BCUT2D eigenvalue weighted by molar-refractivity contribution is 6.30. The lowest BCUT2D eigenvalue weighted by atomic mass is 9.87. The van der Waals surface area contributed by atoms with Crippen LogP contribution in [0.1, 0.15) is 12.5 Å². The van der Waals surface area contributed by atoms with Gasteiger partial charge in [0, 0.05) is 5.56 Å². The molecular weight excluding hydrogens is 248 g/mol. The predicted molar refractivity (Wildman–Crippen MR) is 61.1 cm³/mol. The lowest BCUT2D eigenvalue weighted by Gasteiger charge is -2.45. The van der Waals surface area contributed by atoms with Gasteiger partial charge in [-0.3, -0.25) is 4.79 Å². The molecule has 1 aliphatic heterocycles. The van der Waals surface area contributed by atoms with Crippen LogP contribution in [0.3, 0.4) is 0 Å². The van der Waals surface area contributed by atoms with E-state index in [-0.39, 0.29) is 24.6 Å². The summed E-state index contributed by atoms with van der Waals surface area (Å²) in [5.41, 5.74) is -1.78. The van der Waals surface area contributed by atoms with E-state index in [2.05, 4.69) is 0 Å². The summed E-state index contributed by atoms with van der Waals surface area (Å²) >= 11 is 5.62. The first-order valence-electron chi connectivity index (χ1n) is 5.31. The number of carbonyl (C=O) groups is 1. The lowest BCUT2D eigenvalue weighted by molar-refractivity contribution is -0.145. The number of rotatable bonds is 2. The first-order chi connectivity index (χ1) is 7.94. The minimum absolute atomic E-state index is 0.00581. The summed E-state index contributed by atoms with van der Waals surface area (Å²) in [6, 6.07) is 5.70. The second-order valence-electron chi connectivity index (χ2n) is 4.26. The van der Waals surface area contributed by atoms with E-state index in [1.807, 2.05) is 0 Å². The Labute approximate surface area is 103 Å². The molecule has 2 rings (SSSR count). The Morgan fingerprint density at radius 2 is 2.06 bits per heavy atom. The first-order valence-corrected chi connectivity index (χ1v) is 5.74. The molecule has 1 aromatic rings. The Hall–Kier alpha value is -1.16. The van der Waals surface area contributed by atoms with Gasteiger partial charge in [-0.25, -0.2) is 8.78 Å². The van der Waals surface area contributed by atoms with Crippen LogP contribution in [-0.2, 0) is 10.5 Å². The summed E-state index contributed by atoms with van der Waals surface area (Å²) in [7, 11) is 0. The van der Waals surface area contributed by atoms with E-state index in [9.17, 15) is 13.6 Å². The van der Waals surface area contributed by atoms with Crippen LogP contribution in [0.15, 0.2) is 24.3 Å². The molecule has 1 saturated heterocycles. The molecule has 1 unspecified atom stereocenters. The molecule has 1 fully saturated rings. The fourth-order valence-corrected chi connectivity index (χ4v) is 2.10. The van der Waals surface area contributed by atoms with E-state index in [1.165, 1.54) is 30.0 Å². The number of halogens is 3. The Morgan fingerprint density at radius 3 is 2.59 bits per heavy atom. The van der Waals surface area contributed by atoms with Crippen LogP contribution in [-0.4, -0.2) is 29.3 Å². The van der Waals surface area contributed by atoms with Gasteiger partial charge in [-0.15, -0.1) is 11.6 Å². The maximum Gasteiger partial charge on any atom is 0.240 e. The van der Waals surface area contributed by atoms with Crippen LogP contribution in [0, 0.1) is 5.82 Å². The second-order valence-corrected chi connectivity index (χ2v) is 4.91. The molecule has 0 aromatic heterocycles. The van der Waals surface area contributed by atoms with E-state index < -0.39 is 16.9 Å². The molecule has 0 N–H and O–H groups in total. The zero-order valence-electron chi connectivity index (χ0n) is 9.29. The number of alkyl halides is 2. The molecule has 1 amide bonds. The maximum atomic E-state index is 14.3. The van der Waals surface area contributed by atoms with Crippen LogP contribution in [0.25, 0.3) is 0 Å². The van der Waals surface area contributed by atoms with E-state index in [4.69, 9.17) is 11.6 Å². The molecule has 0 bridgehead atoms. The van der Waals surface area contributed by atoms with E-state index >= 15 is 0 Å². The molecule has 5 heteroatoms. The Morgan fingerprint density at radius 1 is 1.47 bits per heavy atom. The van der Waals surface area contributed by atoms with Gasteiger partial charge in [0.15, 0.2) is 5.67 Å². The third kappa shape index (κ3) is 2.14. The molecule has 1 aliphatic rings. The van der Waals surface area contributed by atoms with Crippen molar-refractivity contribution in [2.24, 2.45) is 0 Å². The minimum Gasteiger partial charge on any atom is -0.334 e. The van der Waals surface area contributed by atoms with Crippen molar-refractivity contribution in [3.8, 4) is 0 Å². The average Bonchev–Trinajstić information content (AvgIpc) is 2.24. The first kappa shape index (κ1) is 12.3. The smallest absolute Gasteiger partial charge is 0.240 e. The van der Waals surface area contributed by atoms with Gasteiger partial charge in [-0.1, -0.05) is 18.2 Å². The van der Waals surface area contributed by atoms with E-state index in [1.54, 1.807) is 6.07 Å². The van der Waals surface area contributed by atoms with Gasteiger partial charge in [-0.2, -0.15) is 0 Å². The fourth-order valence-electron chi connectivity index (χ4n) is 1.96. The van der Waals surface area contributed by atoms with Gasteiger partial charge in [0.2, 0.25) is 5.91 Å². The number of amides is 1. The van der Waals surface area contributed by atoms with Crippen LogP contribution in [0.2, 0.25) is 0 Å². The number of nitrogens with zero attached hydrogens (tertiary/aromatic N) is 1. The summed E-state index contributed by atoms with van der Waals surface area (Å²) in [4.78, 5) is 12.8. The van der Waals surface area contributed by atoms with Crippen molar-refractivity contribution < 1.29 is 13.6 Å². The molecule has 0 saturated carbocycles. The molecule has 0 aliphatic carbocycles. The standard InChI is InChI=1S/C12H12ClF2NO/c1-8(13)11(17)16-6-12(15,7-16)9-4-2-3-5-10(9)14/h2-5,8H,6-7H2,1H3. The molecule has 92 valence electrons. The third-order valence-corrected chi connectivity index (χ3v) is 3.08. The second kappa shape index (κ2) is 4.26. The van der Waals surface area contributed by atoms with Gasteiger partial charge in [-0.05, 0) is 13.0 Å². The van der Waals surface area contributed by atoms with Gasteiger partial charge < -0.3 is 4.90 Å². The Balaban J connectivity index is 2.12. The van der Waals surface area contributed by atoms with Crippen LogP contribution < -0.4 is 0 Å². The van der Waals surface area contributed by atoms with Crippen molar-refractivity contribution in [2.45, 2.75) is 18.0 Å². The monoisotopic (exact) mass is 259 g/mol. The summed E-state index contributed by atoms with van der Waals surface area (Å²) < 4.78 is 27.7. The van der Waals surface area contributed by atoms with Crippen LogP contribution >= 0.6 is 11.6 Å². The third-order valence-electron chi connectivity index (χ3n) is 2.89. The van der Waals surface area contributed by atoms with Crippen molar-refractivity contribution in [1.29, 1.82) is 0 Å². The summed E-state index contributed by atoms with van der Waals surface area (Å²) in [6.45, 7) is 1.26. The number of hydrogen-bond donors (Lipinski definition) is 0. The van der Waals surface area contributed by atoms with Gasteiger partial charge >= 0.3 is 0 Å². The summed E-state index contributed by atoms with van der Waals surface area (Å²) in [6.07, 6.45) is 0. The van der Waals surface area contributed by atoms with Gasteiger partial charge in [0.25, 0.3) is 0 Å². The zero-order valence-corrected chi connectivity index (χ0v) is 10.0. The largest absolute Gasteiger partial charge is 0.334 e. The highest BCUT2D eigenvalue weighted by atomic mass is 35.5. The topological polar surface area (TPSA) is 20.3 Å². The molecule has 1 heterocycles. The van der Waals surface area contributed by atoms with Crippen molar-refractivity contribution >= 4 is 17.5 Å². The Bertz CT molecular complexity index is 444. The van der Waals surface area contributed by atoms with Crippen LogP contribution in [0.5, 0.6) is 0 Å². The number of hydrogen-bond acceptors (Lipinski definition) is 1. The summed E-state index contributed by atoms with van der Waals surface area (Å²) in [5.74, 6) is -0.905. The van der Waals surface area contributed by atoms with Gasteiger partial charge in [0.1, 0.15) is 11.2 Å². The highest BCUT2D eigenvalue weighted by Gasteiger charge is 2.49. The predicted octanol–water partition coefficient (Wildman–Crippen LogP) is 2.46. The van der Waals surface area contributed by atoms with Crippen molar-refractivity contribution in [1.82, 2.24) is 4.90 Å². The lowest BCUT2D eigenvalue weighted by Crippen LogP contribution is -2.60. The summed E-state index contributed by atoms with van der Waals surface area (Å²) in [5, 5.41) is -0.680. The average molecular weight is 260 g/mol. The molecule has 2 nitrogen and oxygen atoms in total. The molecular formula is C12H12ClF2NO. The van der Waals surface area contributed by atoms with Crippen molar-refractivity contribution in [3.63, 3.8) is 0 Å². The number of carbonyl (C=O) groups excluding carboxylic acids is 1. The number of likely N-dealkylation sites (tertiary alicyclic amines) is 1. The zero-order chi connectivity index (χ0) is 12.6. The fraction of sp³-hybridized carbons (Fsp3) is 0.417. The Kier molecular flexibility index (Phi) is 3.08. The number of benzene rings is 1. The molecule has 0 spiro atoms. The molecule has 0 radical (unpaired) electrons. The SMILES string of the molecule is CC(Cl)C(=O)N1CC(F)(c2ccccc2F)C1.